The summed E-state index contributed by atoms with van der Waals surface area (Å²) in [7, 11) is 0. The van der Waals surface area contributed by atoms with Crippen molar-refractivity contribution in [1.29, 1.82) is 0 Å². The van der Waals surface area contributed by atoms with Gasteiger partial charge in [-0.2, -0.15) is 0 Å². The molecular weight excluding hydrogens is 530 g/mol. The Morgan fingerprint density at radius 2 is 1.51 bits per heavy atom. The number of aromatic hydroxyl groups is 2. The van der Waals surface area contributed by atoms with Crippen LogP contribution in [0.1, 0.15) is 30.9 Å². The lowest BCUT2D eigenvalue weighted by molar-refractivity contribution is -0.130. The third-order valence-electron chi connectivity index (χ3n) is 6.17. The predicted octanol–water partition coefficient (Wildman–Crippen LogP) is -1.27. The maximum atomic E-state index is 12.9. The summed E-state index contributed by atoms with van der Waals surface area (Å²) in [5.41, 5.74) is 18.6. The quantitative estimate of drug-likeness (QED) is 0.192. The van der Waals surface area contributed by atoms with Crippen molar-refractivity contribution in [2.45, 2.75) is 44.7 Å². The molecule has 0 saturated heterocycles. The van der Waals surface area contributed by atoms with Crippen molar-refractivity contribution in [3.63, 3.8) is 0 Å². The van der Waals surface area contributed by atoms with E-state index in [4.69, 9.17) is 17.2 Å². The molecule has 0 spiro atoms. The number of benzene rings is 2. The first-order valence-electron chi connectivity index (χ1n) is 13.5. The molecule has 1 aliphatic rings. The molecule has 1 heterocycles. The van der Waals surface area contributed by atoms with E-state index in [9.17, 15) is 29.4 Å². The Balaban J connectivity index is 0.00000138. The number of hydrogen-bond donors (Lipinski definition) is 9. The smallest absolute Gasteiger partial charge is 0.242 e. The van der Waals surface area contributed by atoms with Crippen LogP contribution in [-0.2, 0) is 32.0 Å². The maximum Gasteiger partial charge on any atom is 0.242 e. The number of nitrogens with two attached hydrogens (primary N) is 3. The first-order chi connectivity index (χ1) is 19.6. The second kappa shape index (κ2) is 16.8. The van der Waals surface area contributed by atoms with Crippen LogP contribution in [0.2, 0.25) is 0 Å². The standard InChI is InChI=1S/C25H32N6O6.C3H9N/c26-6-8-28-22(34)5-7-29-25(37)19-12-17-10-15(2-4-21(17)33)14-1-3-20(32)16(9-14)11-18(27)24(36)30-13-23(35)31-19;1-2-3-4/h1-4,9-10,18-19,32-33H,5-8,11-13,26-27H2,(H,28,34)(H,29,37)(H,30,36)(H,31,35);2-4H2,1H3. The van der Waals surface area contributed by atoms with E-state index < -0.39 is 36.3 Å². The number of amides is 4. The number of carbonyl (C=O) groups is 4. The number of rotatable bonds is 7. The maximum absolute atomic E-state index is 12.9. The van der Waals surface area contributed by atoms with E-state index in [1.807, 2.05) is 0 Å². The highest BCUT2D eigenvalue weighted by atomic mass is 16.3. The largest absolute Gasteiger partial charge is 0.508 e. The van der Waals surface area contributed by atoms with Gasteiger partial charge in [-0.05, 0) is 59.5 Å². The Morgan fingerprint density at radius 1 is 0.927 bits per heavy atom. The minimum atomic E-state index is -1.10. The van der Waals surface area contributed by atoms with Gasteiger partial charge in [0, 0.05) is 38.9 Å². The Morgan fingerprint density at radius 3 is 2.07 bits per heavy atom. The molecule has 2 aromatic rings. The Labute approximate surface area is 239 Å². The van der Waals surface area contributed by atoms with Gasteiger partial charge < -0.3 is 48.7 Å². The lowest BCUT2D eigenvalue weighted by atomic mass is 9.95. The highest BCUT2D eigenvalue weighted by molar-refractivity contribution is 5.91. The summed E-state index contributed by atoms with van der Waals surface area (Å²) in [6, 6.07) is 7.57. The van der Waals surface area contributed by atoms with Crippen LogP contribution < -0.4 is 38.5 Å². The third kappa shape index (κ3) is 10.7. The molecule has 41 heavy (non-hydrogen) atoms. The highest BCUT2D eigenvalue weighted by Crippen LogP contribution is 2.30. The van der Waals surface area contributed by atoms with E-state index in [1.165, 1.54) is 12.1 Å². The van der Waals surface area contributed by atoms with Crippen LogP contribution in [0.5, 0.6) is 11.5 Å². The fourth-order valence-corrected chi connectivity index (χ4v) is 3.88. The van der Waals surface area contributed by atoms with Crippen molar-refractivity contribution < 1.29 is 29.4 Å². The number of hydrogen-bond acceptors (Lipinski definition) is 9. The van der Waals surface area contributed by atoms with Crippen LogP contribution in [0.3, 0.4) is 0 Å². The lowest BCUT2D eigenvalue weighted by Gasteiger charge is -2.20. The molecule has 13 nitrogen and oxygen atoms in total. The van der Waals surface area contributed by atoms with Crippen molar-refractivity contribution in [2.24, 2.45) is 17.2 Å². The summed E-state index contributed by atoms with van der Waals surface area (Å²) in [5, 5.41) is 31.0. The van der Waals surface area contributed by atoms with Crippen LogP contribution in [0, 0.1) is 0 Å². The third-order valence-corrected chi connectivity index (χ3v) is 6.17. The van der Waals surface area contributed by atoms with Gasteiger partial charge in [-0.25, -0.2) is 0 Å². The fourth-order valence-electron chi connectivity index (χ4n) is 3.88. The van der Waals surface area contributed by atoms with Crippen LogP contribution in [0.4, 0.5) is 0 Å². The summed E-state index contributed by atoms with van der Waals surface area (Å²) >= 11 is 0. The van der Waals surface area contributed by atoms with Gasteiger partial charge in [-0.1, -0.05) is 19.1 Å². The number of nitrogens with one attached hydrogen (secondary N) is 4. The molecule has 0 aliphatic carbocycles. The first kappa shape index (κ1) is 33.0. The van der Waals surface area contributed by atoms with E-state index in [0.29, 0.717) is 35.3 Å². The molecule has 1 aliphatic heterocycles. The molecule has 224 valence electrons. The van der Waals surface area contributed by atoms with Gasteiger partial charge in [-0.3, -0.25) is 19.2 Å². The molecule has 0 fully saturated rings. The first-order valence-corrected chi connectivity index (χ1v) is 13.5. The van der Waals surface area contributed by atoms with Crippen LogP contribution in [0.25, 0.3) is 11.1 Å². The second-order valence-electron chi connectivity index (χ2n) is 9.51. The monoisotopic (exact) mass is 571 g/mol. The van der Waals surface area contributed by atoms with Gasteiger partial charge in [0.2, 0.25) is 23.6 Å². The molecule has 0 aromatic heterocycles. The fraction of sp³-hybridized carbons (Fsp3) is 0.429. The van der Waals surface area contributed by atoms with Crippen LogP contribution in [-0.4, -0.2) is 78.6 Å². The van der Waals surface area contributed by atoms with Gasteiger partial charge in [0.25, 0.3) is 0 Å². The molecule has 0 radical (unpaired) electrons. The molecule has 4 bridgehead atoms. The Hall–Kier alpha value is -4.20. The van der Waals surface area contributed by atoms with Crippen molar-refractivity contribution in [1.82, 2.24) is 21.3 Å². The topological polar surface area (TPSA) is 235 Å². The normalized spacial score (nSPS) is 17.0. The zero-order chi connectivity index (χ0) is 30.4. The molecule has 3 rings (SSSR count). The molecule has 2 unspecified atom stereocenters. The number of phenolic OH excluding ortho intramolecular Hbond substituents is 2. The van der Waals surface area contributed by atoms with Gasteiger partial charge in [0.15, 0.2) is 0 Å². The van der Waals surface area contributed by atoms with Crippen LogP contribution >= 0.6 is 0 Å². The number of fused-ring (bicyclic) bond motifs is 5. The lowest BCUT2D eigenvalue weighted by Crippen LogP contribution is -2.52. The van der Waals surface area contributed by atoms with E-state index in [2.05, 4.69) is 28.2 Å². The molecular formula is C28H41N7O6. The Bertz CT molecular complexity index is 1200. The van der Waals surface area contributed by atoms with Crippen molar-refractivity contribution in [3.05, 3.63) is 47.5 Å². The molecule has 2 aromatic carbocycles. The summed E-state index contributed by atoms with van der Waals surface area (Å²) in [5.74, 6) is -2.19. The van der Waals surface area contributed by atoms with Crippen molar-refractivity contribution in [2.75, 3.05) is 32.7 Å². The van der Waals surface area contributed by atoms with Gasteiger partial charge in [0.05, 0.1) is 12.6 Å². The van der Waals surface area contributed by atoms with E-state index >= 15 is 0 Å². The van der Waals surface area contributed by atoms with Crippen molar-refractivity contribution >= 4 is 23.6 Å². The summed E-state index contributed by atoms with van der Waals surface area (Å²) < 4.78 is 0. The molecule has 0 saturated carbocycles. The van der Waals surface area contributed by atoms with Gasteiger partial charge in [0.1, 0.15) is 17.5 Å². The number of phenols is 2. The minimum absolute atomic E-state index is 0.0181. The van der Waals surface area contributed by atoms with E-state index in [-0.39, 0.29) is 43.2 Å². The van der Waals surface area contributed by atoms with Gasteiger partial charge >= 0.3 is 0 Å². The predicted molar refractivity (Wildman–Crippen MR) is 155 cm³/mol. The van der Waals surface area contributed by atoms with Gasteiger partial charge in [-0.15, -0.1) is 0 Å². The minimum Gasteiger partial charge on any atom is -0.508 e. The SMILES string of the molecule is CCCN.NCCNC(=O)CCNC(=O)C1Cc2cc(ccc2O)-c2ccc(O)c(c2)CC(N)C(=O)NCC(=O)N1. The Kier molecular flexibility index (Phi) is 13.5. The molecule has 2 atom stereocenters. The number of carbonyl (C=O) groups excluding carboxylic acids is 4. The zero-order valence-corrected chi connectivity index (χ0v) is 23.2. The average molecular weight is 572 g/mol. The summed E-state index contributed by atoms with van der Waals surface area (Å²) in [6.07, 6.45) is 1.08. The molecule has 4 amide bonds. The van der Waals surface area contributed by atoms with E-state index in [1.54, 1.807) is 24.3 Å². The van der Waals surface area contributed by atoms with Crippen LogP contribution in [0.15, 0.2) is 36.4 Å². The molecule has 12 N–H and O–H groups in total. The van der Waals surface area contributed by atoms with Crippen molar-refractivity contribution in [3.8, 4) is 22.6 Å². The summed E-state index contributed by atoms with van der Waals surface area (Å²) in [4.78, 5) is 49.7. The highest BCUT2D eigenvalue weighted by Gasteiger charge is 2.24. The van der Waals surface area contributed by atoms with E-state index in [0.717, 1.165) is 13.0 Å². The zero-order valence-electron chi connectivity index (χ0n) is 23.2. The molecule has 13 heteroatoms. The second-order valence-corrected chi connectivity index (χ2v) is 9.51. The summed E-state index contributed by atoms with van der Waals surface area (Å²) in [6.45, 7) is 3.08. The average Bonchev–Trinajstić information content (AvgIpc) is 2.96.